The van der Waals surface area contributed by atoms with Crippen molar-refractivity contribution in [2.45, 2.75) is 32.7 Å². The second-order valence-electron chi connectivity index (χ2n) is 5.65. The van der Waals surface area contributed by atoms with Crippen molar-refractivity contribution in [3.05, 3.63) is 29.0 Å². The minimum atomic E-state index is 0.147. The second kappa shape index (κ2) is 4.90. The molecule has 2 aromatic rings. The van der Waals surface area contributed by atoms with Gasteiger partial charge in [0.05, 0.1) is 11.0 Å². The molecule has 0 aliphatic rings. The Labute approximate surface area is 113 Å². The van der Waals surface area contributed by atoms with Crippen LogP contribution in [0, 0.1) is 0 Å². The standard InChI is InChI=1S/C14H20ClN3/c1-14(2,3)16-8-7-13-17-11-9-10(15)5-6-12(11)18(13)4/h5-6,9,16H,7-8H2,1-4H3. The van der Waals surface area contributed by atoms with E-state index in [0.29, 0.717) is 0 Å². The molecule has 0 spiro atoms. The average Bonchev–Trinajstić information content (AvgIpc) is 2.53. The van der Waals surface area contributed by atoms with E-state index in [1.54, 1.807) is 0 Å². The Kier molecular flexibility index (Phi) is 3.64. The molecule has 18 heavy (non-hydrogen) atoms. The lowest BCUT2D eigenvalue weighted by atomic mass is 10.1. The largest absolute Gasteiger partial charge is 0.331 e. The Morgan fingerprint density at radius 2 is 2.06 bits per heavy atom. The van der Waals surface area contributed by atoms with Crippen molar-refractivity contribution in [3.63, 3.8) is 0 Å². The van der Waals surface area contributed by atoms with Gasteiger partial charge in [0.1, 0.15) is 5.82 Å². The zero-order valence-electron chi connectivity index (χ0n) is 11.4. The Morgan fingerprint density at radius 3 is 2.72 bits per heavy atom. The fourth-order valence-corrected chi connectivity index (χ4v) is 2.16. The maximum atomic E-state index is 5.98. The quantitative estimate of drug-likeness (QED) is 0.924. The van der Waals surface area contributed by atoms with Gasteiger partial charge in [0.2, 0.25) is 0 Å². The lowest BCUT2D eigenvalue weighted by molar-refractivity contribution is 0.426. The van der Waals surface area contributed by atoms with Crippen molar-refractivity contribution in [3.8, 4) is 0 Å². The molecular formula is C14H20ClN3. The van der Waals surface area contributed by atoms with E-state index < -0.39 is 0 Å². The van der Waals surface area contributed by atoms with Crippen LogP contribution in [-0.4, -0.2) is 21.6 Å². The van der Waals surface area contributed by atoms with Crippen LogP contribution in [0.25, 0.3) is 11.0 Å². The van der Waals surface area contributed by atoms with Crippen LogP contribution in [0.2, 0.25) is 5.02 Å². The van der Waals surface area contributed by atoms with Crippen LogP contribution in [0.1, 0.15) is 26.6 Å². The molecule has 0 bridgehead atoms. The van der Waals surface area contributed by atoms with E-state index in [4.69, 9.17) is 11.6 Å². The van der Waals surface area contributed by atoms with Gasteiger partial charge in [-0.05, 0) is 39.0 Å². The maximum absolute atomic E-state index is 5.98. The number of aromatic nitrogens is 2. The first-order chi connectivity index (χ1) is 8.37. The zero-order valence-corrected chi connectivity index (χ0v) is 12.2. The summed E-state index contributed by atoms with van der Waals surface area (Å²) in [4.78, 5) is 4.63. The molecule has 2 rings (SSSR count). The molecule has 98 valence electrons. The third-order valence-electron chi connectivity index (χ3n) is 2.94. The van der Waals surface area contributed by atoms with Crippen LogP contribution >= 0.6 is 11.6 Å². The molecule has 0 aliphatic carbocycles. The van der Waals surface area contributed by atoms with Gasteiger partial charge in [-0.2, -0.15) is 0 Å². The van der Waals surface area contributed by atoms with Crippen LogP contribution in [-0.2, 0) is 13.5 Å². The van der Waals surface area contributed by atoms with Crippen LogP contribution in [0.15, 0.2) is 18.2 Å². The van der Waals surface area contributed by atoms with Crippen molar-refractivity contribution in [2.75, 3.05) is 6.54 Å². The molecule has 0 saturated heterocycles. The van der Waals surface area contributed by atoms with E-state index in [1.807, 2.05) is 18.2 Å². The fraction of sp³-hybridized carbons (Fsp3) is 0.500. The molecule has 0 atom stereocenters. The van der Waals surface area contributed by atoms with Gasteiger partial charge in [-0.1, -0.05) is 11.6 Å². The van der Waals surface area contributed by atoms with Crippen molar-refractivity contribution >= 4 is 22.6 Å². The number of halogens is 1. The number of hydrogen-bond acceptors (Lipinski definition) is 2. The molecular weight excluding hydrogens is 246 g/mol. The highest BCUT2D eigenvalue weighted by atomic mass is 35.5. The van der Waals surface area contributed by atoms with E-state index in [-0.39, 0.29) is 5.54 Å². The lowest BCUT2D eigenvalue weighted by Crippen LogP contribution is -2.37. The number of rotatable bonds is 3. The predicted molar refractivity (Wildman–Crippen MR) is 77.2 cm³/mol. The summed E-state index contributed by atoms with van der Waals surface area (Å²) in [5, 5.41) is 4.21. The number of fused-ring (bicyclic) bond motifs is 1. The number of benzene rings is 1. The summed E-state index contributed by atoms with van der Waals surface area (Å²) in [5.41, 5.74) is 2.24. The Morgan fingerprint density at radius 1 is 1.33 bits per heavy atom. The van der Waals surface area contributed by atoms with Gasteiger partial charge < -0.3 is 9.88 Å². The number of hydrogen-bond donors (Lipinski definition) is 1. The molecule has 0 saturated carbocycles. The summed E-state index contributed by atoms with van der Waals surface area (Å²) in [6, 6.07) is 5.84. The van der Waals surface area contributed by atoms with Gasteiger partial charge in [-0.15, -0.1) is 0 Å². The van der Waals surface area contributed by atoms with Gasteiger partial charge in [0.15, 0.2) is 0 Å². The third kappa shape index (κ3) is 3.03. The van der Waals surface area contributed by atoms with Crippen molar-refractivity contribution < 1.29 is 0 Å². The number of aryl methyl sites for hydroxylation is 1. The van der Waals surface area contributed by atoms with Crippen molar-refractivity contribution in [1.82, 2.24) is 14.9 Å². The minimum Gasteiger partial charge on any atom is -0.331 e. The van der Waals surface area contributed by atoms with Crippen LogP contribution < -0.4 is 5.32 Å². The van der Waals surface area contributed by atoms with Gasteiger partial charge >= 0.3 is 0 Å². The van der Waals surface area contributed by atoms with Crippen molar-refractivity contribution in [1.29, 1.82) is 0 Å². The summed E-state index contributed by atoms with van der Waals surface area (Å²) >= 11 is 5.98. The molecule has 1 heterocycles. The molecule has 0 radical (unpaired) electrons. The highest BCUT2D eigenvalue weighted by Crippen LogP contribution is 2.19. The Hall–Kier alpha value is -1.06. The molecule has 0 aliphatic heterocycles. The first-order valence-electron chi connectivity index (χ1n) is 6.23. The predicted octanol–water partition coefficient (Wildman–Crippen LogP) is 3.16. The SMILES string of the molecule is Cn1c(CCNC(C)(C)C)nc2cc(Cl)ccc21. The summed E-state index contributed by atoms with van der Waals surface area (Å²) in [5.74, 6) is 1.09. The molecule has 1 N–H and O–H groups in total. The zero-order chi connectivity index (χ0) is 13.3. The van der Waals surface area contributed by atoms with Crippen LogP contribution in [0.5, 0.6) is 0 Å². The monoisotopic (exact) mass is 265 g/mol. The molecule has 4 heteroatoms. The smallest absolute Gasteiger partial charge is 0.110 e. The lowest BCUT2D eigenvalue weighted by Gasteiger charge is -2.20. The highest BCUT2D eigenvalue weighted by Gasteiger charge is 2.11. The average molecular weight is 266 g/mol. The second-order valence-corrected chi connectivity index (χ2v) is 6.08. The molecule has 0 fully saturated rings. The summed E-state index contributed by atoms with van der Waals surface area (Å²) in [7, 11) is 2.05. The molecule has 0 unspecified atom stereocenters. The number of nitrogens with one attached hydrogen (secondary N) is 1. The van der Waals surface area contributed by atoms with Gasteiger partial charge in [0.25, 0.3) is 0 Å². The molecule has 0 amide bonds. The number of nitrogens with zero attached hydrogens (tertiary/aromatic N) is 2. The normalized spacial score (nSPS) is 12.3. The fourth-order valence-electron chi connectivity index (χ4n) is 2.00. The van der Waals surface area contributed by atoms with E-state index in [9.17, 15) is 0 Å². The summed E-state index contributed by atoms with van der Waals surface area (Å²) in [6.45, 7) is 7.43. The van der Waals surface area contributed by atoms with E-state index in [0.717, 1.165) is 34.8 Å². The topological polar surface area (TPSA) is 29.9 Å². The maximum Gasteiger partial charge on any atom is 0.110 e. The minimum absolute atomic E-state index is 0.147. The van der Waals surface area contributed by atoms with Crippen molar-refractivity contribution in [2.24, 2.45) is 7.05 Å². The van der Waals surface area contributed by atoms with Gasteiger partial charge in [-0.25, -0.2) is 4.98 Å². The number of imidazole rings is 1. The van der Waals surface area contributed by atoms with Crippen LogP contribution in [0.3, 0.4) is 0 Å². The van der Waals surface area contributed by atoms with E-state index >= 15 is 0 Å². The summed E-state index contributed by atoms with van der Waals surface area (Å²) < 4.78 is 2.13. The van der Waals surface area contributed by atoms with E-state index in [1.165, 1.54) is 0 Å². The van der Waals surface area contributed by atoms with Gasteiger partial charge in [0, 0.05) is 30.6 Å². The molecule has 1 aromatic carbocycles. The molecule has 3 nitrogen and oxygen atoms in total. The third-order valence-corrected chi connectivity index (χ3v) is 3.17. The molecule has 1 aromatic heterocycles. The summed E-state index contributed by atoms with van der Waals surface area (Å²) in [6.07, 6.45) is 0.917. The highest BCUT2D eigenvalue weighted by molar-refractivity contribution is 6.31. The first-order valence-corrected chi connectivity index (χ1v) is 6.60. The van der Waals surface area contributed by atoms with Crippen LogP contribution in [0.4, 0.5) is 0 Å². The van der Waals surface area contributed by atoms with Gasteiger partial charge in [-0.3, -0.25) is 0 Å². The Bertz CT molecular complexity index is 552. The Balaban J connectivity index is 2.16. The van der Waals surface area contributed by atoms with E-state index in [2.05, 4.69) is 42.7 Å². The first kappa shape index (κ1) is 13.4.